The molecular formula is C26H25N7O2. The van der Waals surface area contributed by atoms with Crippen LogP contribution in [0.2, 0.25) is 0 Å². The molecule has 0 unspecified atom stereocenters. The molecule has 0 saturated carbocycles. The summed E-state index contributed by atoms with van der Waals surface area (Å²) in [7, 11) is 1.61. The van der Waals surface area contributed by atoms with Crippen LogP contribution >= 0.6 is 0 Å². The van der Waals surface area contributed by atoms with Crippen molar-refractivity contribution in [1.29, 1.82) is 0 Å². The molecule has 0 saturated heterocycles. The van der Waals surface area contributed by atoms with E-state index in [-0.39, 0.29) is 17.7 Å². The summed E-state index contributed by atoms with van der Waals surface area (Å²) in [5, 5.41) is 14.7. The molecule has 0 aliphatic heterocycles. The first-order valence-corrected chi connectivity index (χ1v) is 11.4. The number of amides is 2. The number of carbonyl (C=O) groups is 2. The monoisotopic (exact) mass is 467 g/mol. The van der Waals surface area contributed by atoms with E-state index >= 15 is 0 Å². The van der Waals surface area contributed by atoms with Crippen molar-refractivity contribution in [2.45, 2.75) is 20.3 Å². The molecule has 0 radical (unpaired) electrons. The number of aromatic nitrogens is 5. The van der Waals surface area contributed by atoms with E-state index in [2.05, 4.69) is 35.8 Å². The third-order valence-corrected chi connectivity index (χ3v) is 5.76. The van der Waals surface area contributed by atoms with Crippen molar-refractivity contribution in [1.82, 2.24) is 30.5 Å². The van der Waals surface area contributed by atoms with Gasteiger partial charge in [0, 0.05) is 58.8 Å². The van der Waals surface area contributed by atoms with Gasteiger partial charge in [-0.3, -0.25) is 19.7 Å². The summed E-state index contributed by atoms with van der Waals surface area (Å²) in [6.07, 6.45) is 5.56. The maximum absolute atomic E-state index is 12.3. The van der Waals surface area contributed by atoms with Gasteiger partial charge in [0.25, 0.3) is 5.91 Å². The number of carbonyl (C=O) groups excluding carboxylic acids is 2. The van der Waals surface area contributed by atoms with Gasteiger partial charge >= 0.3 is 0 Å². The summed E-state index contributed by atoms with van der Waals surface area (Å²) in [6, 6.07) is 11.4. The Bertz CT molecular complexity index is 1560. The van der Waals surface area contributed by atoms with E-state index in [1.165, 1.54) is 0 Å². The lowest BCUT2D eigenvalue weighted by Gasteiger charge is -2.08. The van der Waals surface area contributed by atoms with Gasteiger partial charge in [-0.2, -0.15) is 5.10 Å². The fraction of sp³-hybridized carbons (Fsp3) is 0.192. The SMILES string of the molecule is CNC(=O)c1cccc2[nH]c(-c3n[nH]c4ncc(-c5cncc(NC(=O)CC(C)C)c5)cc34)cc12. The molecule has 4 heterocycles. The number of hydrogen-bond donors (Lipinski definition) is 4. The van der Waals surface area contributed by atoms with E-state index in [1.54, 1.807) is 31.7 Å². The molecule has 5 aromatic rings. The molecule has 176 valence electrons. The summed E-state index contributed by atoms with van der Waals surface area (Å²) in [4.78, 5) is 36.7. The Kier molecular flexibility index (Phi) is 5.74. The minimum atomic E-state index is -0.148. The van der Waals surface area contributed by atoms with Crippen LogP contribution in [-0.2, 0) is 4.79 Å². The van der Waals surface area contributed by atoms with Crippen molar-refractivity contribution in [3.05, 3.63) is 60.6 Å². The maximum atomic E-state index is 12.3. The maximum Gasteiger partial charge on any atom is 0.251 e. The highest BCUT2D eigenvalue weighted by Gasteiger charge is 2.16. The third kappa shape index (κ3) is 4.35. The quantitative estimate of drug-likeness (QED) is 0.292. The molecule has 35 heavy (non-hydrogen) atoms. The molecule has 0 fully saturated rings. The normalized spacial score (nSPS) is 11.3. The second kappa shape index (κ2) is 9.02. The van der Waals surface area contributed by atoms with E-state index in [0.717, 1.165) is 33.1 Å². The van der Waals surface area contributed by atoms with Crippen LogP contribution in [0.4, 0.5) is 5.69 Å². The van der Waals surface area contributed by atoms with Crippen molar-refractivity contribution in [3.8, 4) is 22.5 Å². The zero-order chi connectivity index (χ0) is 24.5. The van der Waals surface area contributed by atoms with E-state index in [0.29, 0.717) is 29.0 Å². The Morgan fingerprint density at radius 2 is 1.86 bits per heavy atom. The van der Waals surface area contributed by atoms with Gasteiger partial charge in [0.15, 0.2) is 5.65 Å². The highest BCUT2D eigenvalue weighted by atomic mass is 16.2. The van der Waals surface area contributed by atoms with E-state index < -0.39 is 0 Å². The first kappa shape index (κ1) is 22.3. The first-order chi connectivity index (χ1) is 16.9. The average Bonchev–Trinajstić information content (AvgIpc) is 3.46. The topological polar surface area (TPSA) is 128 Å². The lowest BCUT2D eigenvalue weighted by molar-refractivity contribution is -0.116. The van der Waals surface area contributed by atoms with E-state index in [9.17, 15) is 9.59 Å². The predicted octanol–water partition coefficient (Wildman–Crippen LogP) is 4.51. The van der Waals surface area contributed by atoms with Crippen LogP contribution in [0.25, 0.3) is 44.5 Å². The van der Waals surface area contributed by atoms with E-state index in [1.807, 2.05) is 44.2 Å². The van der Waals surface area contributed by atoms with Crippen molar-refractivity contribution in [2.24, 2.45) is 5.92 Å². The summed E-state index contributed by atoms with van der Waals surface area (Å²) >= 11 is 0. The van der Waals surface area contributed by atoms with Gasteiger partial charge in [0.05, 0.1) is 17.6 Å². The molecule has 0 aliphatic carbocycles. The average molecular weight is 468 g/mol. The van der Waals surface area contributed by atoms with Crippen LogP contribution < -0.4 is 10.6 Å². The van der Waals surface area contributed by atoms with Crippen LogP contribution in [-0.4, -0.2) is 44.0 Å². The number of rotatable bonds is 6. The number of hydrogen-bond acceptors (Lipinski definition) is 5. The molecule has 0 aliphatic rings. The Balaban J connectivity index is 1.53. The number of nitrogens with zero attached hydrogens (tertiary/aromatic N) is 3. The number of H-pyrrole nitrogens is 2. The number of anilines is 1. The minimum absolute atomic E-state index is 0.0421. The van der Waals surface area contributed by atoms with Gasteiger partial charge in [0.2, 0.25) is 5.91 Å². The van der Waals surface area contributed by atoms with Crippen LogP contribution in [0, 0.1) is 5.92 Å². The first-order valence-electron chi connectivity index (χ1n) is 11.4. The smallest absolute Gasteiger partial charge is 0.251 e. The molecule has 9 heteroatoms. The van der Waals surface area contributed by atoms with Crippen LogP contribution in [0.5, 0.6) is 0 Å². The fourth-order valence-electron chi connectivity index (χ4n) is 4.13. The third-order valence-electron chi connectivity index (χ3n) is 5.76. The van der Waals surface area contributed by atoms with Crippen molar-refractivity contribution < 1.29 is 9.59 Å². The molecule has 2 amide bonds. The lowest BCUT2D eigenvalue weighted by atomic mass is 10.1. The van der Waals surface area contributed by atoms with Gasteiger partial charge < -0.3 is 15.6 Å². The number of fused-ring (bicyclic) bond motifs is 2. The molecule has 4 aromatic heterocycles. The molecular weight excluding hydrogens is 442 g/mol. The van der Waals surface area contributed by atoms with Gasteiger partial charge in [-0.15, -0.1) is 0 Å². The van der Waals surface area contributed by atoms with Gasteiger partial charge in [-0.05, 0) is 36.2 Å². The predicted molar refractivity (Wildman–Crippen MR) is 136 cm³/mol. The number of nitrogens with one attached hydrogen (secondary N) is 4. The minimum Gasteiger partial charge on any atom is -0.355 e. The summed E-state index contributed by atoms with van der Waals surface area (Å²) < 4.78 is 0. The van der Waals surface area contributed by atoms with Gasteiger partial charge in [-0.1, -0.05) is 19.9 Å². The molecule has 4 N–H and O–H groups in total. The Hall–Kier alpha value is -4.53. The summed E-state index contributed by atoms with van der Waals surface area (Å²) in [5.41, 5.74) is 5.85. The largest absolute Gasteiger partial charge is 0.355 e. The fourth-order valence-corrected chi connectivity index (χ4v) is 4.13. The summed E-state index contributed by atoms with van der Waals surface area (Å²) in [5.74, 6) is 0.0822. The Morgan fingerprint density at radius 1 is 1.03 bits per heavy atom. The highest BCUT2D eigenvalue weighted by Crippen LogP contribution is 2.32. The van der Waals surface area contributed by atoms with Crippen molar-refractivity contribution >= 4 is 39.4 Å². The zero-order valence-corrected chi connectivity index (χ0v) is 19.6. The zero-order valence-electron chi connectivity index (χ0n) is 19.6. The van der Waals surface area contributed by atoms with Crippen molar-refractivity contribution in [2.75, 3.05) is 12.4 Å². The Morgan fingerprint density at radius 3 is 2.66 bits per heavy atom. The second-order valence-electron chi connectivity index (χ2n) is 8.83. The molecule has 0 atom stereocenters. The van der Waals surface area contributed by atoms with Crippen molar-refractivity contribution in [3.63, 3.8) is 0 Å². The van der Waals surface area contributed by atoms with Crippen LogP contribution in [0.3, 0.4) is 0 Å². The van der Waals surface area contributed by atoms with Gasteiger partial charge in [0.1, 0.15) is 5.69 Å². The molecule has 0 bridgehead atoms. The molecule has 1 aromatic carbocycles. The molecule has 9 nitrogen and oxygen atoms in total. The van der Waals surface area contributed by atoms with Crippen LogP contribution in [0.15, 0.2) is 55.0 Å². The summed E-state index contributed by atoms with van der Waals surface area (Å²) in [6.45, 7) is 4.01. The second-order valence-corrected chi connectivity index (χ2v) is 8.83. The van der Waals surface area contributed by atoms with Gasteiger partial charge in [-0.25, -0.2) is 4.98 Å². The number of pyridine rings is 2. The standard InChI is InChI=1S/C26H25N7O2/c1-14(2)7-23(34)30-17-8-15(11-28-13-17)16-9-20-24(32-33-25(20)29-12-16)22-10-19-18(26(35)27-3)5-4-6-21(19)31-22/h4-6,8-14,31H,7H2,1-3H3,(H,27,35)(H,30,34)(H,29,32,33). The molecule has 0 spiro atoms. The number of aromatic amines is 2. The number of benzene rings is 1. The molecule has 5 rings (SSSR count). The lowest BCUT2D eigenvalue weighted by Crippen LogP contribution is -2.17. The van der Waals surface area contributed by atoms with E-state index in [4.69, 9.17) is 0 Å². The highest BCUT2D eigenvalue weighted by molar-refractivity contribution is 6.08. The van der Waals surface area contributed by atoms with Crippen LogP contribution in [0.1, 0.15) is 30.6 Å². The Labute approximate surface area is 201 Å².